The minimum absolute atomic E-state index is 0.247. The van der Waals surface area contributed by atoms with Crippen LogP contribution in [0.5, 0.6) is 0 Å². The standard InChI is InChI=1S/C16H21Cl3N2O/c1-11-6-5-7-12(10-11)14(22)21-15(16(17,18)19)20-13-8-3-2-4-9-13/h5-7,10,13,15,20H,2-4,8-9H2,1H3,(H,21,22)/t15-/m1/s1. The normalized spacial score (nSPS) is 18.0. The second-order valence-corrected chi connectivity index (χ2v) is 8.19. The van der Waals surface area contributed by atoms with Crippen LogP contribution in [0, 0.1) is 6.92 Å². The molecule has 0 saturated heterocycles. The molecule has 1 aliphatic carbocycles. The molecule has 0 unspecified atom stereocenters. The highest BCUT2D eigenvalue weighted by Crippen LogP contribution is 2.30. The predicted octanol–water partition coefficient (Wildman–Crippen LogP) is 4.34. The molecule has 1 atom stereocenters. The zero-order valence-electron chi connectivity index (χ0n) is 12.5. The molecule has 1 saturated carbocycles. The highest BCUT2D eigenvalue weighted by molar-refractivity contribution is 6.68. The van der Waals surface area contributed by atoms with Gasteiger partial charge < -0.3 is 5.32 Å². The Balaban J connectivity index is 2.04. The van der Waals surface area contributed by atoms with Gasteiger partial charge in [-0.25, -0.2) is 0 Å². The fourth-order valence-corrected chi connectivity index (χ4v) is 3.08. The molecule has 0 aliphatic heterocycles. The molecule has 3 nitrogen and oxygen atoms in total. The number of nitrogens with one attached hydrogen (secondary N) is 2. The van der Waals surface area contributed by atoms with Crippen LogP contribution >= 0.6 is 34.8 Å². The molecule has 122 valence electrons. The van der Waals surface area contributed by atoms with E-state index >= 15 is 0 Å². The average Bonchev–Trinajstić information content (AvgIpc) is 2.46. The van der Waals surface area contributed by atoms with Crippen molar-refractivity contribution in [3.8, 4) is 0 Å². The van der Waals surface area contributed by atoms with Crippen molar-refractivity contribution in [1.29, 1.82) is 0 Å². The van der Waals surface area contributed by atoms with Crippen LogP contribution in [0.25, 0.3) is 0 Å². The van der Waals surface area contributed by atoms with Crippen molar-refractivity contribution in [2.75, 3.05) is 0 Å². The van der Waals surface area contributed by atoms with Crippen molar-refractivity contribution in [3.63, 3.8) is 0 Å². The van der Waals surface area contributed by atoms with Crippen LogP contribution in [0.1, 0.15) is 48.0 Å². The van der Waals surface area contributed by atoms with Crippen LogP contribution in [0.4, 0.5) is 0 Å². The van der Waals surface area contributed by atoms with Gasteiger partial charge in [0.05, 0.1) is 0 Å². The smallest absolute Gasteiger partial charge is 0.252 e. The number of aryl methyl sites for hydroxylation is 1. The summed E-state index contributed by atoms with van der Waals surface area (Å²) < 4.78 is -1.60. The van der Waals surface area contributed by atoms with Gasteiger partial charge in [0.1, 0.15) is 6.17 Å². The molecule has 2 N–H and O–H groups in total. The van der Waals surface area contributed by atoms with Crippen LogP contribution < -0.4 is 10.6 Å². The Bertz CT molecular complexity index is 510. The third-order valence-corrected chi connectivity index (χ3v) is 4.55. The number of hydrogen-bond acceptors (Lipinski definition) is 2. The first-order chi connectivity index (χ1) is 10.4. The Morgan fingerprint density at radius 1 is 1.23 bits per heavy atom. The first-order valence-electron chi connectivity index (χ1n) is 7.56. The molecule has 22 heavy (non-hydrogen) atoms. The Kier molecular flexibility index (Phi) is 6.39. The minimum atomic E-state index is -1.60. The van der Waals surface area contributed by atoms with Crippen LogP contribution in [0.2, 0.25) is 0 Å². The van der Waals surface area contributed by atoms with Crippen molar-refractivity contribution in [2.24, 2.45) is 0 Å². The van der Waals surface area contributed by atoms with Crippen LogP contribution in [0.15, 0.2) is 24.3 Å². The molecule has 1 aliphatic rings. The van der Waals surface area contributed by atoms with Gasteiger partial charge in [-0.05, 0) is 31.9 Å². The van der Waals surface area contributed by atoms with E-state index in [9.17, 15) is 4.79 Å². The monoisotopic (exact) mass is 362 g/mol. The number of halogens is 3. The highest BCUT2D eigenvalue weighted by Gasteiger charge is 2.35. The first kappa shape index (κ1) is 17.9. The number of benzene rings is 1. The SMILES string of the molecule is Cc1cccc(C(=O)N[C@@H](NC2CCCCC2)C(Cl)(Cl)Cl)c1. The zero-order chi connectivity index (χ0) is 16.2. The molecule has 0 radical (unpaired) electrons. The summed E-state index contributed by atoms with van der Waals surface area (Å²) >= 11 is 18.1. The summed E-state index contributed by atoms with van der Waals surface area (Å²) in [4.78, 5) is 12.4. The molecule has 1 aromatic carbocycles. The van der Waals surface area contributed by atoms with E-state index in [4.69, 9.17) is 34.8 Å². The maximum Gasteiger partial charge on any atom is 0.252 e. The fourth-order valence-electron chi connectivity index (χ4n) is 2.72. The first-order valence-corrected chi connectivity index (χ1v) is 8.70. The summed E-state index contributed by atoms with van der Waals surface area (Å²) in [6, 6.07) is 7.60. The van der Waals surface area contributed by atoms with Crippen LogP contribution in [-0.2, 0) is 0 Å². The third-order valence-electron chi connectivity index (χ3n) is 3.89. The lowest BCUT2D eigenvalue weighted by Crippen LogP contribution is -2.56. The van der Waals surface area contributed by atoms with E-state index in [0.29, 0.717) is 5.56 Å². The molecule has 0 spiro atoms. The van der Waals surface area contributed by atoms with Gasteiger partial charge in [0.15, 0.2) is 0 Å². The summed E-state index contributed by atoms with van der Waals surface area (Å²) in [6.07, 6.45) is 4.93. The quantitative estimate of drug-likeness (QED) is 0.617. The fraction of sp³-hybridized carbons (Fsp3) is 0.562. The Labute approximate surface area is 146 Å². The van der Waals surface area contributed by atoms with Gasteiger partial charge in [-0.15, -0.1) is 0 Å². The molecular weight excluding hydrogens is 343 g/mol. The number of rotatable bonds is 4. The summed E-state index contributed by atoms with van der Waals surface area (Å²) in [5.41, 5.74) is 1.57. The van der Waals surface area contributed by atoms with E-state index in [-0.39, 0.29) is 11.9 Å². The van der Waals surface area contributed by atoms with Crippen molar-refractivity contribution >= 4 is 40.7 Å². The lowest BCUT2D eigenvalue weighted by Gasteiger charge is -2.32. The van der Waals surface area contributed by atoms with E-state index < -0.39 is 9.96 Å². The maximum absolute atomic E-state index is 12.4. The summed E-state index contributed by atoms with van der Waals surface area (Å²) in [5, 5.41) is 6.09. The second-order valence-electron chi connectivity index (χ2n) is 5.82. The largest absolute Gasteiger partial charge is 0.333 e. The molecule has 0 bridgehead atoms. The van der Waals surface area contributed by atoms with Crippen LogP contribution in [-0.4, -0.2) is 21.9 Å². The van der Waals surface area contributed by atoms with E-state index in [0.717, 1.165) is 31.2 Å². The molecule has 0 aromatic heterocycles. The van der Waals surface area contributed by atoms with E-state index in [2.05, 4.69) is 10.6 Å². The van der Waals surface area contributed by atoms with Gasteiger partial charge in [0, 0.05) is 11.6 Å². The minimum Gasteiger partial charge on any atom is -0.333 e. The summed E-state index contributed by atoms with van der Waals surface area (Å²) in [5.74, 6) is -0.247. The third kappa shape index (κ3) is 5.31. The van der Waals surface area contributed by atoms with Gasteiger partial charge in [0.2, 0.25) is 3.79 Å². The molecule has 0 heterocycles. The molecular formula is C16H21Cl3N2O. The van der Waals surface area contributed by atoms with Crippen LogP contribution in [0.3, 0.4) is 0 Å². The molecule has 1 amide bonds. The van der Waals surface area contributed by atoms with E-state index in [1.807, 2.05) is 25.1 Å². The van der Waals surface area contributed by atoms with Gasteiger partial charge in [0.25, 0.3) is 5.91 Å². The Morgan fingerprint density at radius 2 is 1.91 bits per heavy atom. The lowest BCUT2D eigenvalue weighted by molar-refractivity contribution is 0.0924. The van der Waals surface area contributed by atoms with Crippen molar-refractivity contribution in [1.82, 2.24) is 10.6 Å². The number of amides is 1. The van der Waals surface area contributed by atoms with Crippen molar-refractivity contribution < 1.29 is 4.79 Å². The maximum atomic E-state index is 12.4. The second kappa shape index (κ2) is 7.87. The molecule has 6 heteroatoms. The van der Waals surface area contributed by atoms with Gasteiger partial charge in [-0.1, -0.05) is 71.8 Å². The van der Waals surface area contributed by atoms with Gasteiger partial charge in [-0.3, -0.25) is 10.1 Å². The molecule has 1 aromatic rings. The number of carbonyl (C=O) groups is 1. The zero-order valence-corrected chi connectivity index (χ0v) is 14.8. The number of hydrogen-bond donors (Lipinski definition) is 2. The molecule has 1 fully saturated rings. The predicted molar refractivity (Wildman–Crippen MR) is 92.7 cm³/mol. The van der Waals surface area contributed by atoms with Gasteiger partial charge in [-0.2, -0.15) is 0 Å². The summed E-state index contributed by atoms with van der Waals surface area (Å²) in [6.45, 7) is 1.93. The van der Waals surface area contributed by atoms with E-state index in [1.54, 1.807) is 6.07 Å². The Morgan fingerprint density at radius 3 is 2.50 bits per heavy atom. The average molecular weight is 364 g/mol. The molecule has 2 rings (SSSR count). The van der Waals surface area contributed by atoms with Crippen molar-refractivity contribution in [2.45, 2.75) is 55.0 Å². The lowest BCUT2D eigenvalue weighted by atomic mass is 9.95. The van der Waals surface area contributed by atoms with E-state index in [1.165, 1.54) is 6.42 Å². The summed E-state index contributed by atoms with van der Waals surface area (Å²) in [7, 11) is 0. The topological polar surface area (TPSA) is 41.1 Å². The number of carbonyl (C=O) groups excluding carboxylic acids is 1. The highest BCUT2D eigenvalue weighted by atomic mass is 35.6. The Hall–Kier alpha value is -0.480. The van der Waals surface area contributed by atoms with Crippen molar-refractivity contribution in [3.05, 3.63) is 35.4 Å². The van der Waals surface area contributed by atoms with Gasteiger partial charge >= 0.3 is 0 Å². The number of alkyl halides is 3.